The number of nitrogens with two attached hydrogens (primary N) is 1. The summed E-state index contributed by atoms with van der Waals surface area (Å²) in [6, 6.07) is 6.43. The number of aromatic nitrogens is 1. The molecule has 0 saturated carbocycles. The average Bonchev–Trinajstić information content (AvgIpc) is 2.78. The largest absolute Gasteiger partial charge is 0.364 e. The van der Waals surface area contributed by atoms with E-state index in [4.69, 9.17) is 17.3 Å². The summed E-state index contributed by atoms with van der Waals surface area (Å²) in [6.45, 7) is 0. The van der Waals surface area contributed by atoms with Crippen molar-refractivity contribution in [1.29, 1.82) is 0 Å². The summed E-state index contributed by atoms with van der Waals surface area (Å²) < 4.78 is 0. The van der Waals surface area contributed by atoms with Crippen LogP contribution in [-0.4, -0.2) is 16.8 Å². The van der Waals surface area contributed by atoms with E-state index in [1.54, 1.807) is 24.3 Å². The molecule has 1 heterocycles. The third kappa shape index (κ3) is 2.85. The van der Waals surface area contributed by atoms with Gasteiger partial charge in [0.2, 0.25) is 0 Å². The Morgan fingerprint density at radius 1 is 1.28 bits per heavy atom. The van der Waals surface area contributed by atoms with E-state index in [1.807, 2.05) is 0 Å². The number of nitrogens with one attached hydrogen (secondary N) is 1. The minimum Gasteiger partial charge on any atom is -0.364 e. The number of carbonyl (C=O) groups excluding carboxylic acids is 2. The predicted molar refractivity (Wildman–Crippen MR) is 70.0 cm³/mol. The number of amides is 2. The van der Waals surface area contributed by atoms with E-state index in [9.17, 15) is 9.59 Å². The first-order chi connectivity index (χ1) is 8.56. The maximum Gasteiger partial charge on any atom is 0.268 e. The summed E-state index contributed by atoms with van der Waals surface area (Å²) in [5.74, 6) is -0.949. The Balaban J connectivity index is 2.11. The number of benzene rings is 1. The van der Waals surface area contributed by atoms with E-state index in [0.29, 0.717) is 15.7 Å². The van der Waals surface area contributed by atoms with Gasteiger partial charge in [0.15, 0.2) is 5.13 Å². The van der Waals surface area contributed by atoms with Crippen molar-refractivity contribution in [2.24, 2.45) is 5.73 Å². The molecule has 1 aromatic heterocycles. The Morgan fingerprint density at radius 2 is 1.94 bits per heavy atom. The molecule has 0 saturated heterocycles. The highest BCUT2D eigenvalue weighted by atomic mass is 35.5. The Labute approximate surface area is 112 Å². The molecule has 5 nitrogen and oxygen atoms in total. The zero-order valence-corrected chi connectivity index (χ0v) is 10.6. The molecule has 0 aliphatic heterocycles. The fourth-order valence-electron chi connectivity index (χ4n) is 1.21. The van der Waals surface area contributed by atoms with Crippen LogP contribution in [0.5, 0.6) is 0 Å². The summed E-state index contributed by atoms with van der Waals surface area (Å²) in [4.78, 5) is 26.5. The summed E-state index contributed by atoms with van der Waals surface area (Å²) in [5, 5.41) is 4.93. The minimum atomic E-state index is -0.627. The van der Waals surface area contributed by atoms with Crippen molar-refractivity contribution in [2.45, 2.75) is 0 Å². The predicted octanol–water partition coefficient (Wildman–Crippen LogP) is 2.15. The average molecular weight is 282 g/mol. The molecule has 7 heteroatoms. The van der Waals surface area contributed by atoms with E-state index in [0.717, 1.165) is 11.3 Å². The van der Waals surface area contributed by atoms with Crippen molar-refractivity contribution < 1.29 is 9.59 Å². The molecule has 0 aliphatic rings. The molecule has 2 amide bonds. The van der Waals surface area contributed by atoms with Gasteiger partial charge in [0.1, 0.15) is 5.69 Å². The number of rotatable bonds is 3. The fraction of sp³-hybridized carbons (Fsp3) is 0. The Bertz CT molecular complexity index is 595. The monoisotopic (exact) mass is 281 g/mol. The van der Waals surface area contributed by atoms with Gasteiger partial charge in [-0.05, 0) is 24.3 Å². The van der Waals surface area contributed by atoms with Gasteiger partial charge in [0.05, 0.1) is 0 Å². The molecule has 3 N–H and O–H groups in total. The zero-order valence-electron chi connectivity index (χ0n) is 9.01. The summed E-state index contributed by atoms with van der Waals surface area (Å²) in [7, 11) is 0. The van der Waals surface area contributed by atoms with Gasteiger partial charge in [-0.1, -0.05) is 11.6 Å². The lowest BCUT2D eigenvalue weighted by atomic mass is 10.2. The Kier molecular flexibility index (Phi) is 3.59. The lowest BCUT2D eigenvalue weighted by molar-refractivity contribution is 0.0992. The van der Waals surface area contributed by atoms with Crippen LogP contribution in [0.15, 0.2) is 29.6 Å². The maximum atomic E-state index is 11.8. The van der Waals surface area contributed by atoms with Crippen molar-refractivity contribution in [2.75, 3.05) is 5.32 Å². The Morgan fingerprint density at radius 3 is 2.50 bits per heavy atom. The van der Waals surface area contributed by atoms with Gasteiger partial charge in [-0.3, -0.25) is 14.9 Å². The molecule has 2 rings (SSSR count). The number of anilines is 1. The van der Waals surface area contributed by atoms with Crippen molar-refractivity contribution >= 4 is 39.9 Å². The standard InChI is InChI=1S/C11H8ClN3O2S/c12-7-3-1-6(2-4-7)10(17)15-11-14-8(5-18-11)9(13)16/h1-5H,(H2,13,16)(H,14,15,17). The summed E-state index contributed by atoms with van der Waals surface area (Å²) in [5.41, 5.74) is 5.65. The van der Waals surface area contributed by atoms with Crippen LogP contribution < -0.4 is 11.1 Å². The molecule has 0 spiro atoms. The SMILES string of the molecule is NC(=O)c1csc(NC(=O)c2ccc(Cl)cc2)n1. The van der Waals surface area contributed by atoms with Gasteiger partial charge < -0.3 is 5.73 Å². The number of carbonyl (C=O) groups is 2. The first kappa shape index (κ1) is 12.5. The Hall–Kier alpha value is -1.92. The molecule has 0 fully saturated rings. The molecular weight excluding hydrogens is 274 g/mol. The number of hydrogen-bond donors (Lipinski definition) is 2. The van der Waals surface area contributed by atoms with Crippen LogP contribution in [0.1, 0.15) is 20.8 Å². The topological polar surface area (TPSA) is 85.1 Å². The number of halogens is 1. The molecule has 18 heavy (non-hydrogen) atoms. The molecule has 0 bridgehead atoms. The highest BCUT2D eigenvalue weighted by Crippen LogP contribution is 2.17. The number of hydrogen-bond acceptors (Lipinski definition) is 4. The molecule has 0 aliphatic carbocycles. The van der Waals surface area contributed by atoms with Crippen LogP contribution in [-0.2, 0) is 0 Å². The molecule has 2 aromatic rings. The summed E-state index contributed by atoms with van der Waals surface area (Å²) >= 11 is 6.86. The molecule has 92 valence electrons. The van der Waals surface area contributed by atoms with E-state index in [1.165, 1.54) is 5.38 Å². The maximum absolute atomic E-state index is 11.8. The highest BCUT2D eigenvalue weighted by Gasteiger charge is 2.10. The van der Waals surface area contributed by atoms with E-state index >= 15 is 0 Å². The van der Waals surface area contributed by atoms with Gasteiger partial charge in [0.25, 0.3) is 11.8 Å². The molecule has 0 radical (unpaired) electrons. The van der Waals surface area contributed by atoms with Crippen LogP contribution in [0.2, 0.25) is 5.02 Å². The van der Waals surface area contributed by atoms with Gasteiger partial charge in [-0.15, -0.1) is 11.3 Å². The number of nitrogens with zero attached hydrogens (tertiary/aromatic N) is 1. The van der Waals surface area contributed by atoms with Crippen LogP contribution in [0.4, 0.5) is 5.13 Å². The van der Waals surface area contributed by atoms with E-state index < -0.39 is 5.91 Å². The van der Waals surface area contributed by atoms with Gasteiger partial charge in [-0.25, -0.2) is 4.98 Å². The second-order valence-corrected chi connectivity index (χ2v) is 4.66. The molecule has 0 unspecified atom stereocenters. The van der Waals surface area contributed by atoms with Crippen molar-refractivity contribution in [3.8, 4) is 0 Å². The lowest BCUT2D eigenvalue weighted by Gasteiger charge is -2.01. The highest BCUT2D eigenvalue weighted by molar-refractivity contribution is 7.14. The third-order valence-electron chi connectivity index (χ3n) is 2.08. The molecular formula is C11H8ClN3O2S. The van der Waals surface area contributed by atoms with Crippen molar-refractivity contribution in [3.63, 3.8) is 0 Å². The smallest absolute Gasteiger partial charge is 0.268 e. The number of primary amides is 1. The second kappa shape index (κ2) is 5.16. The fourth-order valence-corrected chi connectivity index (χ4v) is 2.04. The molecule has 1 aromatic carbocycles. The molecule has 0 atom stereocenters. The minimum absolute atomic E-state index is 0.131. The van der Waals surface area contributed by atoms with Crippen LogP contribution in [0, 0.1) is 0 Å². The van der Waals surface area contributed by atoms with Crippen molar-refractivity contribution in [1.82, 2.24) is 4.98 Å². The normalized spacial score (nSPS) is 10.1. The quantitative estimate of drug-likeness (QED) is 0.904. The van der Waals surface area contributed by atoms with Gasteiger partial charge in [-0.2, -0.15) is 0 Å². The second-order valence-electron chi connectivity index (χ2n) is 3.36. The van der Waals surface area contributed by atoms with E-state index in [2.05, 4.69) is 10.3 Å². The lowest BCUT2D eigenvalue weighted by Crippen LogP contribution is -2.13. The van der Waals surface area contributed by atoms with E-state index in [-0.39, 0.29) is 11.6 Å². The zero-order chi connectivity index (χ0) is 13.1. The van der Waals surface area contributed by atoms with Crippen molar-refractivity contribution in [3.05, 3.63) is 45.9 Å². The van der Waals surface area contributed by atoms with Crippen LogP contribution in [0.25, 0.3) is 0 Å². The van der Waals surface area contributed by atoms with Crippen LogP contribution >= 0.6 is 22.9 Å². The number of thiazole rings is 1. The summed E-state index contributed by atoms with van der Waals surface area (Å²) in [6.07, 6.45) is 0. The van der Waals surface area contributed by atoms with Crippen LogP contribution in [0.3, 0.4) is 0 Å². The first-order valence-corrected chi connectivity index (χ1v) is 6.14. The first-order valence-electron chi connectivity index (χ1n) is 4.88. The third-order valence-corrected chi connectivity index (χ3v) is 3.09. The van der Waals surface area contributed by atoms with Gasteiger partial charge >= 0.3 is 0 Å². The van der Waals surface area contributed by atoms with Gasteiger partial charge in [0, 0.05) is 16.0 Å².